The van der Waals surface area contributed by atoms with Crippen molar-refractivity contribution >= 4 is 23.4 Å². The lowest BCUT2D eigenvalue weighted by molar-refractivity contribution is -0.121. The van der Waals surface area contributed by atoms with Gasteiger partial charge in [0.25, 0.3) is 5.91 Å². The van der Waals surface area contributed by atoms with Crippen LogP contribution in [0.5, 0.6) is 0 Å². The quantitative estimate of drug-likeness (QED) is 0.556. The number of carbonyl (C=O) groups excluding carboxylic acids is 2. The van der Waals surface area contributed by atoms with Crippen LogP contribution in [0.1, 0.15) is 40.6 Å². The number of hydrogen-bond acceptors (Lipinski definition) is 3. The predicted molar refractivity (Wildman–Crippen MR) is 108 cm³/mol. The fraction of sp³-hybridized carbons (Fsp3) is 0.182. The van der Waals surface area contributed by atoms with Crippen molar-refractivity contribution < 1.29 is 14.0 Å². The number of rotatable bonds is 8. The average Bonchev–Trinajstić information content (AvgIpc) is 3.25. The highest BCUT2D eigenvalue weighted by Gasteiger charge is 2.19. The van der Waals surface area contributed by atoms with Crippen molar-refractivity contribution in [1.82, 2.24) is 10.6 Å². The topological polar surface area (TPSA) is 71.3 Å². The van der Waals surface area contributed by atoms with Crippen LogP contribution in [0, 0.1) is 0 Å². The second-order valence-electron chi connectivity index (χ2n) is 6.29. The van der Waals surface area contributed by atoms with E-state index in [2.05, 4.69) is 10.6 Å². The third kappa shape index (κ3) is 5.47. The first-order valence-corrected chi connectivity index (χ1v) is 9.43. The molecular weight excluding hydrogens is 376 g/mol. The molecule has 3 rings (SSSR count). The first kappa shape index (κ1) is 19.7. The molecule has 0 aliphatic rings. The van der Waals surface area contributed by atoms with Gasteiger partial charge in [0.15, 0.2) is 0 Å². The molecule has 2 aromatic carbocycles. The van der Waals surface area contributed by atoms with E-state index in [4.69, 9.17) is 16.0 Å². The number of hydrogen-bond donors (Lipinski definition) is 2. The Kier molecular flexibility index (Phi) is 6.87. The maximum Gasteiger partial charge on any atom is 0.251 e. The molecule has 0 aliphatic heterocycles. The highest BCUT2D eigenvalue weighted by molar-refractivity contribution is 6.30. The summed E-state index contributed by atoms with van der Waals surface area (Å²) in [5.74, 6) is 0.386. The largest absolute Gasteiger partial charge is 0.467 e. The van der Waals surface area contributed by atoms with Crippen LogP contribution in [0.3, 0.4) is 0 Å². The van der Waals surface area contributed by atoms with E-state index >= 15 is 0 Å². The van der Waals surface area contributed by atoms with Gasteiger partial charge in [0.05, 0.1) is 6.26 Å². The number of amides is 2. The maximum absolute atomic E-state index is 12.4. The van der Waals surface area contributed by atoms with Gasteiger partial charge < -0.3 is 15.1 Å². The Bertz CT molecular complexity index is 893. The van der Waals surface area contributed by atoms with E-state index < -0.39 is 0 Å². The van der Waals surface area contributed by atoms with Gasteiger partial charge in [-0.25, -0.2) is 0 Å². The van der Waals surface area contributed by atoms with E-state index in [9.17, 15) is 9.59 Å². The van der Waals surface area contributed by atoms with Crippen molar-refractivity contribution in [2.75, 3.05) is 6.54 Å². The van der Waals surface area contributed by atoms with Gasteiger partial charge in [-0.3, -0.25) is 9.59 Å². The van der Waals surface area contributed by atoms with E-state index in [0.717, 1.165) is 5.56 Å². The van der Waals surface area contributed by atoms with Crippen molar-refractivity contribution in [2.24, 2.45) is 0 Å². The zero-order valence-corrected chi connectivity index (χ0v) is 16.0. The first-order chi connectivity index (χ1) is 13.6. The van der Waals surface area contributed by atoms with E-state index in [1.807, 2.05) is 36.4 Å². The minimum absolute atomic E-state index is 0.106. The fourth-order valence-corrected chi connectivity index (χ4v) is 2.93. The van der Waals surface area contributed by atoms with Crippen molar-refractivity contribution in [3.63, 3.8) is 0 Å². The molecule has 0 saturated heterocycles. The highest BCUT2D eigenvalue weighted by atomic mass is 35.5. The highest BCUT2D eigenvalue weighted by Crippen LogP contribution is 2.22. The molecule has 0 spiro atoms. The summed E-state index contributed by atoms with van der Waals surface area (Å²) in [5.41, 5.74) is 1.48. The average molecular weight is 397 g/mol. The Morgan fingerprint density at radius 1 is 0.964 bits per heavy atom. The van der Waals surface area contributed by atoms with Crippen LogP contribution in [-0.2, 0) is 4.79 Å². The lowest BCUT2D eigenvalue weighted by Gasteiger charge is -2.17. The molecule has 2 amide bonds. The predicted octanol–water partition coefficient (Wildman–Crippen LogP) is 4.35. The maximum atomic E-state index is 12.4. The molecule has 0 bridgehead atoms. The van der Waals surface area contributed by atoms with Crippen LogP contribution in [0.15, 0.2) is 77.4 Å². The summed E-state index contributed by atoms with van der Waals surface area (Å²) in [6, 6.07) is 19.6. The minimum atomic E-state index is -0.340. The van der Waals surface area contributed by atoms with Gasteiger partial charge in [-0.15, -0.1) is 0 Å². The molecule has 1 heterocycles. The second-order valence-corrected chi connectivity index (χ2v) is 6.73. The zero-order valence-electron chi connectivity index (χ0n) is 15.2. The molecule has 3 aromatic rings. The van der Waals surface area contributed by atoms with Crippen molar-refractivity contribution in [1.29, 1.82) is 0 Å². The summed E-state index contributed by atoms with van der Waals surface area (Å²) in [6.45, 7) is 0.408. The van der Waals surface area contributed by atoms with E-state index in [-0.39, 0.29) is 17.9 Å². The standard InChI is InChI=1S/C22H21ClN2O3/c23-18-12-10-17(11-13-18)22(27)24-14-4-9-20(26)25-21(19-8-5-15-28-19)16-6-2-1-3-7-16/h1-3,5-8,10-13,15,21H,4,9,14H2,(H,24,27)(H,25,26). The monoisotopic (exact) mass is 396 g/mol. The summed E-state index contributed by atoms with van der Waals surface area (Å²) in [7, 11) is 0. The Hall–Kier alpha value is -3.05. The molecule has 0 radical (unpaired) electrons. The molecule has 1 atom stereocenters. The Labute approximate surface area is 168 Å². The van der Waals surface area contributed by atoms with Crippen molar-refractivity contribution in [3.05, 3.63) is 94.9 Å². The fourth-order valence-electron chi connectivity index (χ4n) is 2.81. The number of nitrogens with one attached hydrogen (secondary N) is 2. The lowest BCUT2D eigenvalue weighted by Crippen LogP contribution is -2.30. The zero-order chi connectivity index (χ0) is 19.8. The molecule has 5 nitrogen and oxygen atoms in total. The molecule has 0 saturated carbocycles. The summed E-state index contributed by atoms with van der Waals surface area (Å²) in [5, 5.41) is 6.39. The van der Waals surface area contributed by atoms with Crippen molar-refractivity contribution in [3.8, 4) is 0 Å². The van der Waals surface area contributed by atoms with Crippen LogP contribution < -0.4 is 10.6 Å². The Morgan fingerprint density at radius 2 is 1.71 bits per heavy atom. The second kappa shape index (κ2) is 9.76. The third-order valence-electron chi connectivity index (χ3n) is 4.24. The summed E-state index contributed by atoms with van der Waals surface area (Å²) in [4.78, 5) is 24.4. The van der Waals surface area contributed by atoms with Gasteiger partial charge in [0, 0.05) is 23.6 Å². The van der Waals surface area contributed by atoms with Gasteiger partial charge in [-0.1, -0.05) is 41.9 Å². The van der Waals surface area contributed by atoms with E-state index in [1.54, 1.807) is 36.6 Å². The van der Waals surface area contributed by atoms with Gasteiger partial charge in [-0.2, -0.15) is 0 Å². The molecule has 6 heteroatoms. The molecule has 28 heavy (non-hydrogen) atoms. The van der Waals surface area contributed by atoms with E-state index in [1.165, 1.54) is 0 Å². The summed E-state index contributed by atoms with van der Waals surface area (Å²) >= 11 is 5.82. The van der Waals surface area contributed by atoms with Crippen LogP contribution in [-0.4, -0.2) is 18.4 Å². The van der Waals surface area contributed by atoms with E-state index in [0.29, 0.717) is 35.7 Å². The number of carbonyl (C=O) groups is 2. The van der Waals surface area contributed by atoms with Gasteiger partial charge in [-0.05, 0) is 48.4 Å². The van der Waals surface area contributed by atoms with Crippen LogP contribution >= 0.6 is 11.6 Å². The molecular formula is C22H21ClN2O3. The van der Waals surface area contributed by atoms with Crippen molar-refractivity contribution in [2.45, 2.75) is 18.9 Å². The smallest absolute Gasteiger partial charge is 0.251 e. The SMILES string of the molecule is O=C(CCCNC(=O)c1ccc(Cl)cc1)NC(c1ccccc1)c1ccco1. The Morgan fingerprint density at radius 3 is 2.39 bits per heavy atom. The van der Waals surface area contributed by atoms with Gasteiger partial charge in [0.2, 0.25) is 5.91 Å². The Balaban J connectivity index is 1.49. The molecule has 0 aliphatic carbocycles. The molecule has 0 fully saturated rings. The molecule has 1 unspecified atom stereocenters. The minimum Gasteiger partial charge on any atom is -0.467 e. The molecule has 144 valence electrons. The molecule has 1 aromatic heterocycles. The van der Waals surface area contributed by atoms with Crippen LogP contribution in [0.25, 0.3) is 0 Å². The van der Waals surface area contributed by atoms with Gasteiger partial charge >= 0.3 is 0 Å². The van der Waals surface area contributed by atoms with Gasteiger partial charge in [0.1, 0.15) is 11.8 Å². The number of furan rings is 1. The summed E-state index contributed by atoms with van der Waals surface area (Å²) < 4.78 is 5.48. The lowest BCUT2D eigenvalue weighted by atomic mass is 10.0. The third-order valence-corrected chi connectivity index (χ3v) is 4.49. The first-order valence-electron chi connectivity index (χ1n) is 9.05. The normalized spacial score (nSPS) is 11.6. The molecule has 2 N–H and O–H groups in total. The number of halogens is 1. The van der Waals surface area contributed by atoms with Crippen LogP contribution in [0.2, 0.25) is 5.02 Å². The summed E-state index contributed by atoms with van der Waals surface area (Å²) in [6.07, 6.45) is 2.42. The number of benzene rings is 2. The van der Waals surface area contributed by atoms with Crippen LogP contribution in [0.4, 0.5) is 0 Å².